The van der Waals surface area contributed by atoms with Crippen molar-refractivity contribution in [2.45, 2.75) is 19.8 Å². The molecule has 29 heavy (non-hydrogen) atoms. The second kappa shape index (κ2) is 8.14. The lowest BCUT2D eigenvalue weighted by molar-refractivity contribution is 0.0978. The molecule has 0 atom stereocenters. The number of carbonyl (C=O) groups is 1. The van der Waals surface area contributed by atoms with Crippen molar-refractivity contribution in [3.63, 3.8) is 0 Å². The molecule has 4 rings (SSSR count). The highest BCUT2D eigenvalue weighted by molar-refractivity contribution is 5.99. The number of hydrogen-bond acceptors (Lipinski definition) is 6. The number of aryl methyl sites for hydroxylation is 2. The van der Waals surface area contributed by atoms with Crippen molar-refractivity contribution in [3.8, 4) is 16.9 Å². The lowest BCUT2D eigenvalue weighted by Crippen LogP contribution is -2.05. The number of methoxy groups -OCH3 is 1. The first kappa shape index (κ1) is 18.7. The number of rotatable bonds is 6. The number of aromatic nitrogens is 4. The van der Waals surface area contributed by atoms with Crippen LogP contribution in [0.2, 0.25) is 0 Å². The Balaban J connectivity index is 1.62. The summed E-state index contributed by atoms with van der Waals surface area (Å²) in [6.07, 6.45) is 7.82. The lowest BCUT2D eigenvalue weighted by atomic mass is 10.0. The molecule has 0 saturated carbocycles. The van der Waals surface area contributed by atoms with E-state index >= 15 is 0 Å². The molecule has 0 saturated heterocycles. The number of nitrogens with zero attached hydrogens (tertiary/aromatic N) is 4. The third-order valence-corrected chi connectivity index (χ3v) is 4.73. The summed E-state index contributed by atoms with van der Waals surface area (Å²) in [5.74, 6) is 0.761. The molecule has 0 aliphatic heterocycles. The molecule has 6 heteroatoms. The number of Topliss-reactive ketones (excluding diaryl/α,β-unsaturated/α-hetero) is 1. The van der Waals surface area contributed by atoms with Gasteiger partial charge in [0.05, 0.1) is 24.0 Å². The molecule has 1 aromatic carbocycles. The van der Waals surface area contributed by atoms with E-state index in [-0.39, 0.29) is 5.78 Å². The fourth-order valence-corrected chi connectivity index (χ4v) is 3.10. The molecule has 0 bridgehead atoms. The second-order valence-corrected chi connectivity index (χ2v) is 6.76. The van der Waals surface area contributed by atoms with E-state index in [9.17, 15) is 4.79 Å². The van der Waals surface area contributed by atoms with E-state index in [2.05, 4.69) is 19.9 Å². The number of fused-ring (bicyclic) bond motifs is 1. The first-order valence-corrected chi connectivity index (χ1v) is 9.34. The number of ether oxygens (including phenoxy) is 1. The molecule has 3 heterocycles. The van der Waals surface area contributed by atoms with Gasteiger partial charge in [0.1, 0.15) is 11.4 Å². The minimum Gasteiger partial charge on any atom is -0.497 e. The van der Waals surface area contributed by atoms with E-state index in [1.54, 1.807) is 38.0 Å². The minimum atomic E-state index is -0.0215. The van der Waals surface area contributed by atoms with E-state index in [0.717, 1.165) is 39.2 Å². The van der Waals surface area contributed by atoms with Crippen LogP contribution in [0.15, 0.2) is 61.2 Å². The molecule has 4 aromatic rings. The predicted molar refractivity (Wildman–Crippen MR) is 111 cm³/mol. The maximum absolute atomic E-state index is 12.7. The third-order valence-electron chi connectivity index (χ3n) is 4.73. The predicted octanol–water partition coefficient (Wildman–Crippen LogP) is 4.22. The van der Waals surface area contributed by atoms with Crippen molar-refractivity contribution in [1.29, 1.82) is 0 Å². The van der Waals surface area contributed by atoms with Gasteiger partial charge in [-0.2, -0.15) is 0 Å². The van der Waals surface area contributed by atoms with Gasteiger partial charge in [-0.05, 0) is 43.2 Å². The van der Waals surface area contributed by atoms with Gasteiger partial charge in [0, 0.05) is 42.2 Å². The summed E-state index contributed by atoms with van der Waals surface area (Å²) in [7, 11) is 1.64. The van der Waals surface area contributed by atoms with Gasteiger partial charge in [-0.15, -0.1) is 0 Å². The van der Waals surface area contributed by atoms with Crippen LogP contribution in [-0.4, -0.2) is 32.8 Å². The van der Waals surface area contributed by atoms with E-state index in [1.165, 1.54) is 0 Å². The van der Waals surface area contributed by atoms with Crippen LogP contribution in [0.3, 0.4) is 0 Å². The van der Waals surface area contributed by atoms with Crippen LogP contribution < -0.4 is 4.74 Å². The summed E-state index contributed by atoms with van der Waals surface area (Å²) in [5, 5.41) is 0.888. The van der Waals surface area contributed by atoms with E-state index < -0.39 is 0 Å². The first-order chi connectivity index (χ1) is 14.1. The van der Waals surface area contributed by atoms with E-state index in [1.807, 2.05) is 37.3 Å². The zero-order valence-electron chi connectivity index (χ0n) is 16.3. The Morgan fingerprint density at radius 1 is 0.966 bits per heavy atom. The van der Waals surface area contributed by atoms with Crippen LogP contribution in [-0.2, 0) is 6.42 Å². The van der Waals surface area contributed by atoms with Crippen LogP contribution in [0.25, 0.3) is 22.0 Å². The molecular weight excluding hydrogens is 364 g/mol. The Bertz CT molecular complexity index is 1160. The average molecular weight is 384 g/mol. The van der Waals surface area contributed by atoms with Gasteiger partial charge in [0.15, 0.2) is 5.78 Å². The maximum atomic E-state index is 12.7. The number of benzene rings is 1. The fraction of sp³-hybridized carbons (Fsp3) is 0.174. The smallest absolute Gasteiger partial charge is 0.181 e. The molecule has 0 radical (unpaired) electrons. The number of hydrogen-bond donors (Lipinski definition) is 0. The summed E-state index contributed by atoms with van der Waals surface area (Å²) in [5.41, 5.74) is 4.70. The van der Waals surface area contributed by atoms with Crippen LogP contribution in [0.1, 0.15) is 28.3 Å². The highest BCUT2D eigenvalue weighted by Gasteiger charge is 2.12. The summed E-state index contributed by atoms with van der Waals surface area (Å²) in [4.78, 5) is 30.2. The SMILES string of the molecule is COc1ccc(-c2cncc3ccc(C(=O)CCc4cnc(C)cn4)nc23)cc1. The van der Waals surface area contributed by atoms with Gasteiger partial charge in [-0.25, -0.2) is 4.98 Å². The van der Waals surface area contributed by atoms with E-state index in [4.69, 9.17) is 4.74 Å². The van der Waals surface area contributed by atoms with Crippen molar-refractivity contribution >= 4 is 16.7 Å². The molecule has 6 nitrogen and oxygen atoms in total. The van der Waals surface area contributed by atoms with Gasteiger partial charge in [0.25, 0.3) is 0 Å². The zero-order chi connectivity index (χ0) is 20.2. The van der Waals surface area contributed by atoms with Gasteiger partial charge in [-0.3, -0.25) is 19.7 Å². The van der Waals surface area contributed by atoms with Crippen molar-refractivity contribution < 1.29 is 9.53 Å². The maximum Gasteiger partial charge on any atom is 0.181 e. The third kappa shape index (κ3) is 4.11. The van der Waals surface area contributed by atoms with Gasteiger partial charge < -0.3 is 4.74 Å². The quantitative estimate of drug-likeness (QED) is 0.463. The summed E-state index contributed by atoms with van der Waals surface area (Å²) >= 11 is 0. The van der Waals surface area contributed by atoms with Crippen molar-refractivity contribution in [3.05, 3.63) is 78.3 Å². The molecule has 0 spiro atoms. The molecule has 0 amide bonds. The van der Waals surface area contributed by atoms with Crippen molar-refractivity contribution in [2.24, 2.45) is 0 Å². The summed E-state index contributed by atoms with van der Waals surface area (Å²) in [6, 6.07) is 11.4. The topological polar surface area (TPSA) is 77.9 Å². The zero-order valence-corrected chi connectivity index (χ0v) is 16.3. The number of ketones is 1. The van der Waals surface area contributed by atoms with E-state index in [0.29, 0.717) is 18.5 Å². The van der Waals surface area contributed by atoms with Gasteiger partial charge >= 0.3 is 0 Å². The highest BCUT2D eigenvalue weighted by Crippen LogP contribution is 2.28. The summed E-state index contributed by atoms with van der Waals surface area (Å²) < 4.78 is 5.23. The highest BCUT2D eigenvalue weighted by atomic mass is 16.5. The Labute approximate surface area is 168 Å². The molecule has 144 valence electrons. The second-order valence-electron chi connectivity index (χ2n) is 6.76. The average Bonchev–Trinajstić information content (AvgIpc) is 2.78. The largest absolute Gasteiger partial charge is 0.497 e. The standard InChI is InChI=1S/C23H20N4O2/c1-15-11-26-18(13-25-15)6-10-22(28)21-9-5-17-12-24-14-20(23(17)27-21)16-3-7-19(29-2)8-4-16/h3-5,7-9,11-14H,6,10H2,1-2H3. The van der Waals surface area contributed by atoms with Crippen LogP contribution >= 0.6 is 0 Å². The van der Waals surface area contributed by atoms with Crippen LogP contribution in [0.4, 0.5) is 0 Å². The Kier molecular flexibility index (Phi) is 5.24. The van der Waals surface area contributed by atoms with Crippen molar-refractivity contribution in [1.82, 2.24) is 19.9 Å². The fourth-order valence-electron chi connectivity index (χ4n) is 3.10. The van der Waals surface area contributed by atoms with Crippen LogP contribution in [0, 0.1) is 6.92 Å². The molecule has 0 fully saturated rings. The molecule has 0 N–H and O–H groups in total. The molecular formula is C23H20N4O2. The van der Waals surface area contributed by atoms with Gasteiger partial charge in [0.2, 0.25) is 0 Å². The van der Waals surface area contributed by atoms with Crippen molar-refractivity contribution in [2.75, 3.05) is 7.11 Å². The number of carbonyl (C=O) groups excluding carboxylic acids is 1. The van der Waals surface area contributed by atoms with Gasteiger partial charge in [-0.1, -0.05) is 12.1 Å². The normalized spacial score (nSPS) is 10.8. The monoisotopic (exact) mass is 384 g/mol. The molecule has 0 unspecified atom stereocenters. The molecule has 0 aliphatic carbocycles. The lowest BCUT2D eigenvalue weighted by Gasteiger charge is -2.08. The molecule has 3 aromatic heterocycles. The number of pyridine rings is 2. The Hall–Kier alpha value is -3.67. The van der Waals surface area contributed by atoms with Crippen LogP contribution in [0.5, 0.6) is 5.75 Å². The minimum absolute atomic E-state index is 0.0215. The Morgan fingerprint density at radius 2 is 1.79 bits per heavy atom. The molecule has 0 aliphatic rings. The Morgan fingerprint density at radius 3 is 2.52 bits per heavy atom. The first-order valence-electron chi connectivity index (χ1n) is 9.34. The summed E-state index contributed by atoms with van der Waals surface area (Å²) in [6.45, 7) is 1.89.